The van der Waals surface area contributed by atoms with E-state index in [-0.39, 0.29) is 0 Å². The summed E-state index contributed by atoms with van der Waals surface area (Å²) in [5.41, 5.74) is 4.35. The Morgan fingerprint density at radius 1 is 1.36 bits per heavy atom. The number of fused-ring (bicyclic) bond motifs is 1. The number of pyridine rings is 1. The molecule has 0 amide bonds. The van der Waals surface area contributed by atoms with Crippen LogP contribution in [0.5, 0.6) is 5.75 Å². The van der Waals surface area contributed by atoms with Crippen LogP contribution < -0.4 is 16.0 Å². The largest absolute Gasteiger partial charge is 0.497 e. The van der Waals surface area contributed by atoms with E-state index in [2.05, 4.69) is 10.4 Å². The Morgan fingerprint density at radius 2 is 2.21 bits per heavy atom. The summed E-state index contributed by atoms with van der Waals surface area (Å²) in [6.07, 6.45) is 1.71. The lowest BCUT2D eigenvalue weighted by Crippen LogP contribution is -2.07. The summed E-state index contributed by atoms with van der Waals surface area (Å²) in [7, 11) is 1.63. The molecular formula is C10H11N3O. The monoisotopic (exact) mass is 189 g/mol. The molecule has 0 spiro atoms. The summed E-state index contributed by atoms with van der Waals surface area (Å²) < 4.78 is 5.10. The average molecular weight is 189 g/mol. The third kappa shape index (κ3) is 1.36. The van der Waals surface area contributed by atoms with Gasteiger partial charge in [-0.2, -0.15) is 0 Å². The van der Waals surface area contributed by atoms with Crippen LogP contribution in [0.4, 0.5) is 5.69 Å². The molecule has 2 aromatic rings. The van der Waals surface area contributed by atoms with Gasteiger partial charge in [-0.3, -0.25) is 10.8 Å². The summed E-state index contributed by atoms with van der Waals surface area (Å²) in [5, 5.41) is 0.982. The first-order valence-corrected chi connectivity index (χ1v) is 4.24. The summed E-state index contributed by atoms with van der Waals surface area (Å²) in [4.78, 5) is 4.22. The highest BCUT2D eigenvalue weighted by molar-refractivity contribution is 5.91. The molecule has 4 heteroatoms. The van der Waals surface area contributed by atoms with Crippen LogP contribution in [0.25, 0.3) is 10.9 Å². The molecule has 0 radical (unpaired) electrons. The van der Waals surface area contributed by atoms with Gasteiger partial charge in [0.2, 0.25) is 0 Å². The molecule has 72 valence electrons. The highest BCUT2D eigenvalue weighted by Crippen LogP contribution is 2.24. The molecule has 0 atom stereocenters. The van der Waals surface area contributed by atoms with Crippen molar-refractivity contribution in [3.63, 3.8) is 0 Å². The molecule has 0 unspecified atom stereocenters. The smallest absolute Gasteiger partial charge is 0.121 e. The number of nitrogens with two attached hydrogens (primary N) is 1. The summed E-state index contributed by atoms with van der Waals surface area (Å²) in [5.74, 6) is 6.17. The zero-order valence-electron chi connectivity index (χ0n) is 7.82. The number of benzene rings is 1. The number of nitrogen functional groups attached to an aromatic ring is 1. The molecule has 0 saturated heterocycles. The Labute approximate surface area is 81.7 Å². The molecule has 0 fully saturated rings. The first-order chi connectivity index (χ1) is 6.85. The number of hydrazine groups is 1. The molecule has 2 rings (SSSR count). The Morgan fingerprint density at radius 3 is 2.93 bits per heavy atom. The van der Waals surface area contributed by atoms with Crippen LogP contribution >= 0.6 is 0 Å². The maximum atomic E-state index is 5.38. The molecule has 0 saturated carbocycles. The predicted molar refractivity (Wildman–Crippen MR) is 56.1 cm³/mol. The van der Waals surface area contributed by atoms with Crippen molar-refractivity contribution in [1.29, 1.82) is 0 Å². The third-order valence-corrected chi connectivity index (χ3v) is 2.11. The second-order valence-corrected chi connectivity index (χ2v) is 2.89. The molecule has 1 heterocycles. The number of aromatic nitrogens is 1. The lowest BCUT2D eigenvalue weighted by atomic mass is 10.2. The third-order valence-electron chi connectivity index (χ3n) is 2.11. The molecule has 1 aromatic carbocycles. The lowest BCUT2D eigenvalue weighted by molar-refractivity contribution is 0.415. The number of methoxy groups -OCH3 is 1. The van der Waals surface area contributed by atoms with Crippen molar-refractivity contribution in [1.82, 2.24) is 4.98 Å². The molecule has 3 N–H and O–H groups in total. The Kier molecular flexibility index (Phi) is 2.20. The maximum Gasteiger partial charge on any atom is 0.121 e. The van der Waals surface area contributed by atoms with Gasteiger partial charge < -0.3 is 10.2 Å². The topological polar surface area (TPSA) is 60.2 Å². The van der Waals surface area contributed by atoms with Crippen molar-refractivity contribution in [2.45, 2.75) is 0 Å². The van der Waals surface area contributed by atoms with Gasteiger partial charge in [-0.25, -0.2) is 0 Å². The molecule has 14 heavy (non-hydrogen) atoms. The summed E-state index contributed by atoms with van der Waals surface area (Å²) in [6, 6.07) is 7.51. The number of hydrogen-bond acceptors (Lipinski definition) is 4. The maximum absolute atomic E-state index is 5.38. The molecular weight excluding hydrogens is 178 g/mol. The molecule has 0 bridgehead atoms. The zero-order chi connectivity index (χ0) is 9.97. The number of rotatable bonds is 2. The predicted octanol–water partition coefficient (Wildman–Crippen LogP) is 1.53. The van der Waals surface area contributed by atoms with Crippen molar-refractivity contribution >= 4 is 16.6 Å². The number of nitrogens with zero attached hydrogens (tertiary/aromatic N) is 1. The zero-order valence-corrected chi connectivity index (χ0v) is 7.82. The number of anilines is 1. The van der Waals surface area contributed by atoms with E-state index >= 15 is 0 Å². The van der Waals surface area contributed by atoms with E-state index in [0.717, 1.165) is 22.3 Å². The lowest BCUT2D eigenvalue weighted by Gasteiger charge is -2.05. The van der Waals surface area contributed by atoms with Crippen molar-refractivity contribution in [2.24, 2.45) is 5.84 Å². The van der Waals surface area contributed by atoms with Crippen LogP contribution in [0.3, 0.4) is 0 Å². The van der Waals surface area contributed by atoms with Gasteiger partial charge in [-0.1, -0.05) is 0 Å². The van der Waals surface area contributed by atoms with Crippen molar-refractivity contribution in [3.8, 4) is 5.75 Å². The van der Waals surface area contributed by atoms with Crippen molar-refractivity contribution in [3.05, 3.63) is 30.5 Å². The van der Waals surface area contributed by atoms with E-state index in [4.69, 9.17) is 10.6 Å². The Bertz CT molecular complexity index is 456. The molecule has 0 aliphatic carbocycles. The normalized spacial score (nSPS) is 10.1. The standard InChI is InChI=1S/C10H11N3O/c1-14-7-2-3-8-9(13-11)4-5-12-10(8)6-7/h2-6H,11H2,1H3,(H,12,13). The Hall–Kier alpha value is -1.81. The fourth-order valence-corrected chi connectivity index (χ4v) is 1.38. The van der Waals surface area contributed by atoms with E-state index in [9.17, 15) is 0 Å². The van der Waals surface area contributed by atoms with E-state index in [1.54, 1.807) is 13.3 Å². The van der Waals surface area contributed by atoms with Crippen LogP contribution in [0, 0.1) is 0 Å². The van der Waals surface area contributed by atoms with E-state index in [1.807, 2.05) is 24.3 Å². The number of nitrogens with one attached hydrogen (secondary N) is 1. The Balaban J connectivity index is 2.67. The van der Waals surface area contributed by atoms with Crippen LogP contribution in [0.2, 0.25) is 0 Å². The van der Waals surface area contributed by atoms with Crippen LogP contribution in [0.1, 0.15) is 0 Å². The molecule has 4 nitrogen and oxygen atoms in total. The van der Waals surface area contributed by atoms with Gasteiger partial charge >= 0.3 is 0 Å². The molecule has 0 aliphatic heterocycles. The highest BCUT2D eigenvalue weighted by atomic mass is 16.5. The second-order valence-electron chi connectivity index (χ2n) is 2.89. The minimum atomic E-state index is 0.791. The van der Waals surface area contributed by atoms with Gasteiger partial charge in [0.15, 0.2) is 0 Å². The quantitative estimate of drug-likeness (QED) is 0.555. The van der Waals surface area contributed by atoms with E-state index < -0.39 is 0 Å². The van der Waals surface area contributed by atoms with Gasteiger partial charge in [0.05, 0.1) is 18.3 Å². The fourth-order valence-electron chi connectivity index (χ4n) is 1.38. The van der Waals surface area contributed by atoms with Crippen LogP contribution in [-0.2, 0) is 0 Å². The number of ether oxygens (including phenoxy) is 1. The minimum Gasteiger partial charge on any atom is -0.497 e. The van der Waals surface area contributed by atoms with Gasteiger partial charge in [0, 0.05) is 17.6 Å². The fraction of sp³-hybridized carbons (Fsp3) is 0.100. The van der Waals surface area contributed by atoms with Crippen LogP contribution in [-0.4, -0.2) is 12.1 Å². The van der Waals surface area contributed by atoms with Crippen molar-refractivity contribution < 1.29 is 4.74 Å². The van der Waals surface area contributed by atoms with Gasteiger partial charge in [0.1, 0.15) is 5.75 Å². The summed E-state index contributed by atoms with van der Waals surface area (Å²) in [6.45, 7) is 0. The van der Waals surface area contributed by atoms with E-state index in [0.29, 0.717) is 0 Å². The second kappa shape index (κ2) is 3.51. The first kappa shape index (κ1) is 8.77. The van der Waals surface area contributed by atoms with Crippen molar-refractivity contribution in [2.75, 3.05) is 12.5 Å². The molecule has 1 aromatic heterocycles. The minimum absolute atomic E-state index is 0.791. The number of hydrogen-bond donors (Lipinski definition) is 2. The highest BCUT2D eigenvalue weighted by Gasteiger charge is 2.01. The van der Waals surface area contributed by atoms with Gasteiger partial charge in [-0.05, 0) is 18.2 Å². The first-order valence-electron chi connectivity index (χ1n) is 4.24. The van der Waals surface area contributed by atoms with E-state index in [1.165, 1.54) is 0 Å². The summed E-state index contributed by atoms with van der Waals surface area (Å²) >= 11 is 0. The van der Waals surface area contributed by atoms with Crippen LogP contribution in [0.15, 0.2) is 30.5 Å². The molecule has 0 aliphatic rings. The van der Waals surface area contributed by atoms with Gasteiger partial charge in [-0.15, -0.1) is 0 Å². The van der Waals surface area contributed by atoms with Gasteiger partial charge in [0.25, 0.3) is 0 Å². The SMILES string of the molecule is COc1ccc2c(NN)ccnc2c1. The average Bonchev–Trinajstić information content (AvgIpc) is 2.27.